The summed E-state index contributed by atoms with van der Waals surface area (Å²) in [5.74, 6) is 0. The van der Waals surface area contributed by atoms with Crippen LogP contribution in [-0.2, 0) is 0 Å². The number of hydrogen-bond acceptors (Lipinski definition) is 3. The van der Waals surface area contributed by atoms with E-state index in [9.17, 15) is 10.1 Å². The lowest BCUT2D eigenvalue weighted by atomic mass is 10.1. The number of aryl methyl sites for hydroxylation is 2. The summed E-state index contributed by atoms with van der Waals surface area (Å²) in [5, 5.41) is 15.3. The SMILES string of the molecule is Cc1cc(C)n(C(C[N+](=O)[O-])c2cccc(Br)c2)n1. The maximum atomic E-state index is 10.9. The summed E-state index contributed by atoms with van der Waals surface area (Å²) in [6.45, 7) is 3.61. The third kappa shape index (κ3) is 3.20. The van der Waals surface area contributed by atoms with Gasteiger partial charge < -0.3 is 0 Å². The highest BCUT2D eigenvalue weighted by atomic mass is 79.9. The average Bonchev–Trinajstić information content (AvgIpc) is 2.65. The van der Waals surface area contributed by atoms with Crippen molar-refractivity contribution in [3.63, 3.8) is 0 Å². The van der Waals surface area contributed by atoms with Crippen molar-refractivity contribution >= 4 is 15.9 Å². The molecule has 0 saturated heterocycles. The summed E-state index contributed by atoms with van der Waals surface area (Å²) in [7, 11) is 0. The van der Waals surface area contributed by atoms with E-state index in [2.05, 4.69) is 21.0 Å². The first-order valence-corrected chi connectivity index (χ1v) is 6.66. The molecular formula is C13H14BrN3O2. The Bertz CT molecular complexity index is 610. The Kier molecular flexibility index (Phi) is 3.99. The first-order chi connectivity index (χ1) is 8.97. The molecule has 1 aromatic heterocycles. The van der Waals surface area contributed by atoms with Gasteiger partial charge in [0.15, 0.2) is 0 Å². The Hall–Kier alpha value is -1.69. The first-order valence-electron chi connectivity index (χ1n) is 5.87. The summed E-state index contributed by atoms with van der Waals surface area (Å²) in [5.41, 5.74) is 2.66. The number of aromatic nitrogens is 2. The van der Waals surface area contributed by atoms with Crippen LogP contribution in [0.3, 0.4) is 0 Å². The van der Waals surface area contributed by atoms with Gasteiger partial charge in [0.1, 0.15) is 6.04 Å². The molecule has 0 bridgehead atoms. The van der Waals surface area contributed by atoms with Crippen LogP contribution >= 0.6 is 15.9 Å². The highest BCUT2D eigenvalue weighted by Crippen LogP contribution is 2.23. The summed E-state index contributed by atoms with van der Waals surface area (Å²) in [4.78, 5) is 10.6. The minimum absolute atomic E-state index is 0.182. The lowest BCUT2D eigenvalue weighted by Gasteiger charge is -2.16. The van der Waals surface area contributed by atoms with Gasteiger partial charge >= 0.3 is 0 Å². The van der Waals surface area contributed by atoms with Crippen molar-refractivity contribution in [2.75, 3.05) is 6.54 Å². The molecule has 5 nitrogen and oxygen atoms in total. The van der Waals surface area contributed by atoms with Crippen molar-refractivity contribution in [3.8, 4) is 0 Å². The third-order valence-electron chi connectivity index (χ3n) is 2.90. The lowest BCUT2D eigenvalue weighted by Crippen LogP contribution is -2.22. The van der Waals surface area contributed by atoms with E-state index in [0.717, 1.165) is 21.4 Å². The van der Waals surface area contributed by atoms with Gasteiger partial charge in [-0.25, -0.2) is 0 Å². The molecule has 2 aromatic rings. The van der Waals surface area contributed by atoms with E-state index in [1.807, 2.05) is 44.2 Å². The Morgan fingerprint density at radius 1 is 1.42 bits per heavy atom. The van der Waals surface area contributed by atoms with Crippen LogP contribution in [0.2, 0.25) is 0 Å². The second-order valence-corrected chi connectivity index (χ2v) is 5.37. The number of nitrogens with zero attached hydrogens (tertiary/aromatic N) is 3. The molecular weight excluding hydrogens is 310 g/mol. The number of nitro groups is 1. The largest absolute Gasteiger partial charge is 0.264 e. The molecule has 1 atom stereocenters. The maximum Gasteiger partial charge on any atom is 0.230 e. The Labute approximate surface area is 119 Å². The van der Waals surface area contributed by atoms with Gasteiger partial charge in [-0.2, -0.15) is 5.10 Å². The van der Waals surface area contributed by atoms with Crippen LogP contribution in [0.25, 0.3) is 0 Å². The molecule has 0 saturated carbocycles. The average molecular weight is 324 g/mol. The number of halogens is 1. The molecule has 0 N–H and O–H groups in total. The minimum atomic E-state index is -0.388. The molecule has 0 fully saturated rings. The molecule has 1 aromatic carbocycles. The molecule has 1 unspecified atom stereocenters. The fourth-order valence-electron chi connectivity index (χ4n) is 2.14. The monoisotopic (exact) mass is 323 g/mol. The minimum Gasteiger partial charge on any atom is -0.264 e. The number of hydrogen-bond donors (Lipinski definition) is 0. The van der Waals surface area contributed by atoms with Gasteiger partial charge in [0.25, 0.3) is 0 Å². The van der Waals surface area contributed by atoms with E-state index in [-0.39, 0.29) is 17.5 Å². The molecule has 0 radical (unpaired) electrons. The standard InChI is InChI=1S/C13H14BrN3O2/c1-9-6-10(2)17(15-9)13(8-16(18)19)11-4-3-5-12(14)7-11/h3-7,13H,8H2,1-2H3. The van der Waals surface area contributed by atoms with E-state index in [1.54, 1.807) is 4.68 Å². The van der Waals surface area contributed by atoms with Crippen molar-refractivity contribution in [1.82, 2.24) is 9.78 Å². The van der Waals surface area contributed by atoms with Gasteiger partial charge in [0, 0.05) is 15.1 Å². The second kappa shape index (κ2) is 5.52. The van der Waals surface area contributed by atoms with Crippen molar-refractivity contribution in [1.29, 1.82) is 0 Å². The highest BCUT2D eigenvalue weighted by molar-refractivity contribution is 9.10. The molecule has 0 aliphatic rings. The zero-order valence-electron chi connectivity index (χ0n) is 10.7. The van der Waals surface area contributed by atoms with Crippen LogP contribution in [0.4, 0.5) is 0 Å². The molecule has 0 spiro atoms. The Balaban J connectivity index is 2.47. The zero-order chi connectivity index (χ0) is 14.0. The Morgan fingerprint density at radius 2 is 2.16 bits per heavy atom. The van der Waals surface area contributed by atoms with E-state index in [0.29, 0.717) is 0 Å². The van der Waals surface area contributed by atoms with Crippen LogP contribution in [0.15, 0.2) is 34.8 Å². The van der Waals surface area contributed by atoms with Gasteiger partial charge in [0.2, 0.25) is 6.54 Å². The molecule has 0 aliphatic heterocycles. The van der Waals surface area contributed by atoms with Gasteiger partial charge in [0.05, 0.1) is 5.69 Å². The predicted octanol–water partition coefficient (Wildman–Crippen LogP) is 3.13. The van der Waals surface area contributed by atoms with Crippen LogP contribution in [0, 0.1) is 24.0 Å². The number of rotatable bonds is 4. The van der Waals surface area contributed by atoms with Crippen molar-refractivity contribution in [2.24, 2.45) is 0 Å². The molecule has 100 valence electrons. The Morgan fingerprint density at radius 3 is 2.68 bits per heavy atom. The first kappa shape index (κ1) is 13.7. The molecule has 2 rings (SSSR count). The molecule has 0 aliphatic carbocycles. The molecule has 0 amide bonds. The normalized spacial score (nSPS) is 12.4. The molecule has 1 heterocycles. The summed E-state index contributed by atoms with van der Waals surface area (Å²) >= 11 is 3.39. The van der Waals surface area contributed by atoms with Crippen molar-refractivity contribution < 1.29 is 4.92 Å². The summed E-state index contributed by atoms with van der Waals surface area (Å²) in [6.07, 6.45) is 0. The van der Waals surface area contributed by atoms with Gasteiger partial charge in [-0.3, -0.25) is 14.8 Å². The van der Waals surface area contributed by atoms with Crippen molar-refractivity contribution in [2.45, 2.75) is 19.9 Å². The van der Waals surface area contributed by atoms with Gasteiger partial charge in [-0.1, -0.05) is 28.1 Å². The topological polar surface area (TPSA) is 61.0 Å². The van der Waals surface area contributed by atoms with Gasteiger partial charge in [-0.05, 0) is 37.6 Å². The summed E-state index contributed by atoms with van der Waals surface area (Å²) < 4.78 is 2.62. The van der Waals surface area contributed by atoms with Crippen LogP contribution in [0.1, 0.15) is 23.0 Å². The van der Waals surface area contributed by atoms with Crippen LogP contribution in [-0.4, -0.2) is 21.2 Å². The third-order valence-corrected chi connectivity index (χ3v) is 3.39. The molecule has 19 heavy (non-hydrogen) atoms. The van der Waals surface area contributed by atoms with Crippen LogP contribution in [0.5, 0.6) is 0 Å². The van der Waals surface area contributed by atoms with E-state index in [1.165, 1.54) is 0 Å². The van der Waals surface area contributed by atoms with E-state index < -0.39 is 0 Å². The molecule has 6 heteroatoms. The zero-order valence-corrected chi connectivity index (χ0v) is 12.3. The lowest BCUT2D eigenvalue weighted by molar-refractivity contribution is -0.484. The number of benzene rings is 1. The van der Waals surface area contributed by atoms with Gasteiger partial charge in [-0.15, -0.1) is 0 Å². The highest BCUT2D eigenvalue weighted by Gasteiger charge is 2.22. The summed E-state index contributed by atoms with van der Waals surface area (Å²) in [6, 6.07) is 9.08. The maximum absolute atomic E-state index is 10.9. The smallest absolute Gasteiger partial charge is 0.230 e. The predicted molar refractivity (Wildman–Crippen MR) is 75.8 cm³/mol. The van der Waals surface area contributed by atoms with Crippen molar-refractivity contribution in [3.05, 3.63) is 61.9 Å². The quantitative estimate of drug-likeness (QED) is 0.641. The van der Waals surface area contributed by atoms with Crippen LogP contribution < -0.4 is 0 Å². The van der Waals surface area contributed by atoms with E-state index >= 15 is 0 Å². The van der Waals surface area contributed by atoms with E-state index in [4.69, 9.17) is 0 Å². The second-order valence-electron chi connectivity index (χ2n) is 4.46. The fourth-order valence-corrected chi connectivity index (χ4v) is 2.56. The fraction of sp³-hybridized carbons (Fsp3) is 0.308.